The van der Waals surface area contributed by atoms with Gasteiger partial charge in [-0.25, -0.2) is 0 Å². The quantitative estimate of drug-likeness (QED) is 0.867. The van der Waals surface area contributed by atoms with Crippen molar-refractivity contribution in [3.05, 3.63) is 29.8 Å². The largest absolute Gasteiger partial charge is 0.497 e. The zero-order valence-electron chi connectivity index (χ0n) is 15.5. The molecular weight excluding hydrogens is 304 g/mol. The van der Waals surface area contributed by atoms with Gasteiger partial charge in [-0.15, -0.1) is 0 Å². The SMILES string of the molecule is COc1cccc(CC(=O)NCC(C)(C)N2C[C@@H](C)O[C@H](C)C2)c1. The van der Waals surface area contributed by atoms with Crippen molar-refractivity contribution < 1.29 is 14.3 Å². The van der Waals surface area contributed by atoms with Crippen molar-refractivity contribution in [3.63, 3.8) is 0 Å². The standard InChI is InChI=1S/C19H30N2O3/c1-14-11-21(12-15(2)24-14)19(3,4)13-20-18(22)10-16-7-6-8-17(9-16)23-5/h6-9,14-15H,10-13H2,1-5H3,(H,20,22)/t14-,15-/m1/s1. The smallest absolute Gasteiger partial charge is 0.224 e. The van der Waals surface area contributed by atoms with Crippen LogP contribution in [0.15, 0.2) is 24.3 Å². The molecule has 0 bridgehead atoms. The highest BCUT2D eigenvalue weighted by Gasteiger charge is 2.33. The van der Waals surface area contributed by atoms with Gasteiger partial charge >= 0.3 is 0 Å². The van der Waals surface area contributed by atoms with E-state index < -0.39 is 0 Å². The summed E-state index contributed by atoms with van der Waals surface area (Å²) in [4.78, 5) is 14.7. The van der Waals surface area contributed by atoms with Crippen molar-refractivity contribution in [2.75, 3.05) is 26.7 Å². The van der Waals surface area contributed by atoms with Gasteiger partial charge in [0, 0.05) is 25.2 Å². The van der Waals surface area contributed by atoms with Crippen LogP contribution < -0.4 is 10.1 Å². The lowest BCUT2D eigenvalue weighted by molar-refractivity contribution is -0.122. The Morgan fingerprint density at radius 2 is 2.00 bits per heavy atom. The number of amides is 1. The van der Waals surface area contributed by atoms with Gasteiger partial charge in [-0.05, 0) is 45.4 Å². The van der Waals surface area contributed by atoms with Crippen LogP contribution in [-0.2, 0) is 16.0 Å². The number of carbonyl (C=O) groups is 1. The van der Waals surface area contributed by atoms with Gasteiger partial charge in [-0.1, -0.05) is 12.1 Å². The monoisotopic (exact) mass is 334 g/mol. The molecule has 5 nitrogen and oxygen atoms in total. The van der Waals surface area contributed by atoms with Crippen molar-refractivity contribution in [1.82, 2.24) is 10.2 Å². The summed E-state index contributed by atoms with van der Waals surface area (Å²) in [5.41, 5.74) is 0.856. The van der Waals surface area contributed by atoms with E-state index in [-0.39, 0.29) is 23.7 Å². The lowest BCUT2D eigenvalue weighted by atomic mass is 10.00. The second-order valence-electron chi connectivity index (χ2n) is 7.28. The molecule has 0 spiro atoms. The number of benzene rings is 1. The fraction of sp³-hybridized carbons (Fsp3) is 0.632. The fourth-order valence-electron chi connectivity index (χ4n) is 3.13. The molecule has 1 fully saturated rings. The van der Waals surface area contributed by atoms with Gasteiger partial charge in [0.05, 0.1) is 25.7 Å². The Labute approximate surface area is 145 Å². The summed E-state index contributed by atoms with van der Waals surface area (Å²) in [7, 11) is 1.63. The summed E-state index contributed by atoms with van der Waals surface area (Å²) >= 11 is 0. The van der Waals surface area contributed by atoms with E-state index in [9.17, 15) is 4.79 Å². The van der Waals surface area contributed by atoms with Crippen molar-refractivity contribution in [2.24, 2.45) is 0 Å². The molecule has 1 aliphatic heterocycles. The van der Waals surface area contributed by atoms with Crippen LogP contribution in [-0.4, -0.2) is 55.3 Å². The van der Waals surface area contributed by atoms with Crippen molar-refractivity contribution in [2.45, 2.75) is 51.9 Å². The Kier molecular flexibility index (Phi) is 6.24. The molecule has 24 heavy (non-hydrogen) atoms. The first-order chi connectivity index (χ1) is 11.3. The molecule has 1 aliphatic rings. The minimum Gasteiger partial charge on any atom is -0.497 e. The van der Waals surface area contributed by atoms with Gasteiger partial charge < -0.3 is 14.8 Å². The predicted molar refractivity (Wildman–Crippen MR) is 95.4 cm³/mol. The molecule has 1 amide bonds. The van der Waals surface area contributed by atoms with Crippen LogP contribution in [0.3, 0.4) is 0 Å². The molecule has 1 heterocycles. The molecular formula is C19H30N2O3. The molecule has 0 saturated carbocycles. The number of methoxy groups -OCH3 is 1. The van der Waals surface area contributed by atoms with Gasteiger partial charge in [0.25, 0.3) is 0 Å². The number of rotatable bonds is 6. The topological polar surface area (TPSA) is 50.8 Å². The van der Waals surface area contributed by atoms with Gasteiger partial charge in [0.1, 0.15) is 5.75 Å². The Morgan fingerprint density at radius 3 is 2.62 bits per heavy atom. The van der Waals surface area contributed by atoms with Crippen molar-refractivity contribution >= 4 is 5.91 Å². The van der Waals surface area contributed by atoms with Gasteiger partial charge in [0.2, 0.25) is 5.91 Å². The highest BCUT2D eigenvalue weighted by molar-refractivity contribution is 5.78. The summed E-state index contributed by atoms with van der Waals surface area (Å²) in [5.74, 6) is 0.808. The highest BCUT2D eigenvalue weighted by atomic mass is 16.5. The molecule has 1 aromatic rings. The molecule has 1 aromatic carbocycles. The number of morpholine rings is 1. The molecule has 134 valence electrons. The third-order valence-electron chi connectivity index (χ3n) is 4.49. The molecule has 5 heteroatoms. The number of carbonyl (C=O) groups excluding carboxylic acids is 1. The minimum atomic E-state index is -0.101. The number of hydrogen-bond donors (Lipinski definition) is 1. The lowest BCUT2D eigenvalue weighted by Crippen LogP contribution is -2.58. The molecule has 0 aromatic heterocycles. The Balaban J connectivity index is 1.87. The first kappa shape index (κ1) is 18.7. The predicted octanol–water partition coefficient (Wildman–Crippen LogP) is 2.24. The van der Waals surface area contributed by atoms with Gasteiger partial charge in [-0.3, -0.25) is 9.69 Å². The van der Waals surface area contributed by atoms with Crippen molar-refractivity contribution in [3.8, 4) is 5.75 Å². The Bertz CT molecular complexity index is 549. The van der Waals surface area contributed by atoms with E-state index >= 15 is 0 Å². The van der Waals surface area contributed by atoms with E-state index in [1.54, 1.807) is 7.11 Å². The first-order valence-corrected chi connectivity index (χ1v) is 8.60. The summed E-state index contributed by atoms with van der Waals surface area (Å²) in [5, 5.41) is 3.07. The molecule has 2 atom stereocenters. The van der Waals surface area contributed by atoms with Crippen LogP contribution in [0.25, 0.3) is 0 Å². The van der Waals surface area contributed by atoms with Crippen LogP contribution in [0.4, 0.5) is 0 Å². The zero-order chi connectivity index (χ0) is 17.7. The molecule has 0 unspecified atom stereocenters. The molecule has 1 N–H and O–H groups in total. The van der Waals surface area contributed by atoms with Crippen LogP contribution in [0.2, 0.25) is 0 Å². The summed E-state index contributed by atoms with van der Waals surface area (Å²) < 4.78 is 11.0. The second-order valence-corrected chi connectivity index (χ2v) is 7.28. The maximum Gasteiger partial charge on any atom is 0.224 e. The molecule has 2 rings (SSSR count). The maximum absolute atomic E-state index is 12.3. The van der Waals surface area contributed by atoms with E-state index in [0.29, 0.717) is 13.0 Å². The fourth-order valence-corrected chi connectivity index (χ4v) is 3.13. The van der Waals surface area contributed by atoms with E-state index in [1.165, 1.54) is 0 Å². The summed E-state index contributed by atoms with van der Waals surface area (Å²) in [6, 6.07) is 7.63. The Hall–Kier alpha value is -1.59. The van der Waals surface area contributed by atoms with Crippen molar-refractivity contribution in [1.29, 1.82) is 0 Å². The lowest BCUT2D eigenvalue weighted by Gasteiger charge is -2.45. The summed E-state index contributed by atoms with van der Waals surface area (Å²) in [6.45, 7) is 10.9. The number of ether oxygens (including phenoxy) is 2. The highest BCUT2D eigenvalue weighted by Crippen LogP contribution is 2.20. The van der Waals surface area contributed by atoms with E-state index in [2.05, 4.69) is 37.9 Å². The average molecular weight is 334 g/mol. The normalized spacial score (nSPS) is 22.2. The third-order valence-corrected chi connectivity index (χ3v) is 4.49. The van der Waals surface area contributed by atoms with Crippen LogP contribution >= 0.6 is 0 Å². The van der Waals surface area contributed by atoms with Crippen LogP contribution in [0.1, 0.15) is 33.3 Å². The van der Waals surface area contributed by atoms with E-state index in [0.717, 1.165) is 24.4 Å². The second kappa shape index (κ2) is 7.99. The summed E-state index contributed by atoms with van der Waals surface area (Å²) in [6.07, 6.45) is 0.810. The van der Waals surface area contributed by atoms with Gasteiger partial charge in [-0.2, -0.15) is 0 Å². The number of nitrogens with one attached hydrogen (secondary N) is 1. The minimum absolute atomic E-state index is 0.0330. The van der Waals surface area contributed by atoms with Crippen LogP contribution in [0, 0.1) is 0 Å². The molecule has 0 radical (unpaired) electrons. The van der Waals surface area contributed by atoms with E-state index in [4.69, 9.17) is 9.47 Å². The van der Waals surface area contributed by atoms with Crippen LogP contribution in [0.5, 0.6) is 5.75 Å². The molecule has 0 aliphatic carbocycles. The molecule has 1 saturated heterocycles. The zero-order valence-corrected chi connectivity index (χ0v) is 15.5. The van der Waals surface area contributed by atoms with Gasteiger partial charge in [0.15, 0.2) is 0 Å². The average Bonchev–Trinajstić information content (AvgIpc) is 2.52. The Morgan fingerprint density at radius 1 is 1.33 bits per heavy atom. The van der Waals surface area contributed by atoms with E-state index in [1.807, 2.05) is 24.3 Å². The number of hydrogen-bond acceptors (Lipinski definition) is 4. The number of nitrogens with zero attached hydrogens (tertiary/aromatic N) is 1. The third kappa shape index (κ3) is 5.21. The first-order valence-electron chi connectivity index (χ1n) is 8.60. The maximum atomic E-state index is 12.3.